The monoisotopic (exact) mass is 665 g/mol. The van der Waals surface area contributed by atoms with E-state index in [0.29, 0.717) is 34.5 Å². The number of thioether (sulfide) groups is 1. The Hall–Kier alpha value is -2.92. The molecule has 8 nitrogen and oxygen atoms in total. The number of nitrogens with one attached hydrogen (secondary N) is 1. The van der Waals surface area contributed by atoms with Crippen LogP contribution in [0.2, 0.25) is 10.0 Å². The molecule has 0 bridgehead atoms. The van der Waals surface area contributed by atoms with Gasteiger partial charge in [0.2, 0.25) is 11.8 Å². The van der Waals surface area contributed by atoms with Gasteiger partial charge in [0.15, 0.2) is 0 Å². The van der Waals surface area contributed by atoms with Crippen molar-refractivity contribution in [2.75, 3.05) is 30.3 Å². The summed E-state index contributed by atoms with van der Waals surface area (Å²) in [5, 5.41) is 3.52. The lowest BCUT2D eigenvalue weighted by Crippen LogP contribution is -2.51. The second kappa shape index (κ2) is 16.2. The number of hydrogen-bond donors (Lipinski definition) is 1. The normalized spacial score (nSPS) is 12.0. The number of hydrogen-bond acceptors (Lipinski definition) is 6. The van der Waals surface area contributed by atoms with Gasteiger partial charge in [0.25, 0.3) is 10.0 Å². The standard InChI is InChI=1S/C31H37Cl2N3O5S2/c1-5-7-18-34-31(38)22(3)35(20-23-12-17-26(32)27(33)19-23)30(37)21-36(28-10-8-9-11-29(28)41-6-2)43(39,40)25-15-13-24(42-4)14-16-25/h8-17,19,22H,5-7,18,20-21H2,1-4H3,(H,34,38). The molecule has 0 heterocycles. The maximum Gasteiger partial charge on any atom is 0.264 e. The Balaban J connectivity index is 2.07. The van der Waals surface area contributed by atoms with Crippen LogP contribution < -0.4 is 14.4 Å². The molecule has 0 aliphatic rings. The highest BCUT2D eigenvalue weighted by molar-refractivity contribution is 7.98. The highest BCUT2D eigenvalue weighted by Crippen LogP contribution is 2.33. The zero-order valence-electron chi connectivity index (χ0n) is 24.7. The third-order valence-corrected chi connectivity index (χ3v) is 9.95. The van der Waals surface area contributed by atoms with Crippen LogP contribution in [0.1, 0.15) is 39.2 Å². The molecule has 0 aromatic heterocycles. The van der Waals surface area contributed by atoms with Gasteiger partial charge in [0.1, 0.15) is 18.3 Å². The number of rotatable bonds is 15. The van der Waals surface area contributed by atoms with Gasteiger partial charge in [0.05, 0.1) is 27.2 Å². The molecule has 3 aromatic rings. The second-order valence-electron chi connectivity index (χ2n) is 9.68. The van der Waals surface area contributed by atoms with Crippen LogP contribution in [-0.2, 0) is 26.2 Å². The molecule has 3 aromatic carbocycles. The van der Waals surface area contributed by atoms with Crippen LogP contribution >= 0.6 is 35.0 Å². The third-order valence-electron chi connectivity index (χ3n) is 6.69. The molecule has 0 aliphatic carbocycles. The van der Waals surface area contributed by atoms with Crippen molar-refractivity contribution in [3.8, 4) is 5.75 Å². The van der Waals surface area contributed by atoms with Gasteiger partial charge in [-0.3, -0.25) is 13.9 Å². The van der Waals surface area contributed by atoms with Crippen LogP contribution in [0.5, 0.6) is 5.75 Å². The summed E-state index contributed by atoms with van der Waals surface area (Å²) < 4.78 is 35.1. The molecule has 43 heavy (non-hydrogen) atoms. The van der Waals surface area contributed by atoms with Gasteiger partial charge in [-0.2, -0.15) is 0 Å². The molecule has 2 amide bonds. The van der Waals surface area contributed by atoms with Crippen molar-refractivity contribution in [3.63, 3.8) is 0 Å². The summed E-state index contributed by atoms with van der Waals surface area (Å²) >= 11 is 13.8. The summed E-state index contributed by atoms with van der Waals surface area (Å²) in [4.78, 5) is 29.6. The SMILES string of the molecule is CCCCNC(=O)C(C)N(Cc1ccc(Cl)c(Cl)c1)C(=O)CN(c1ccccc1OCC)S(=O)(=O)c1ccc(SC)cc1. The van der Waals surface area contributed by atoms with E-state index in [2.05, 4.69) is 5.32 Å². The van der Waals surface area contributed by atoms with E-state index < -0.39 is 28.5 Å². The van der Waals surface area contributed by atoms with Gasteiger partial charge >= 0.3 is 0 Å². The Morgan fingerprint density at radius 2 is 1.70 bits per heavy atom. The molecule has 12 heteroatoms. The predicted molar refractivity (Wildman–Crippen MR) is 175 cm³/mol. The van der Waals surface area contributed by atoms with E-state index in [-0.39, 0.29) is 23.0 Å². The number of sulfonamides is 1. The lowest BCUT2D eigenvalue weighted by Gasteiger charge is -2.32. The summed E-state index contributed by atoms with van der Waals surface area (Å²) in [6.45, 7) is 5.60. The zero-order chi connectivity index (χ0) is 31.6. The second-order valence-corrected chi connectivity index (χ2v) is 13.2. The van der Waals surface area contributed by atoms with Crippen molar-refractivity contribution < 1.29 is 22.7 Å². The molecule has 0 spiro atoms. The van der Waals surface area contributed by atoms with Crippen LogP contribution in [0.15, 0.2) is 76.5 Å². The molecule has 1 atom stereocenters. The number of anilines is 1. The molecule has 1 N–H and O–H groups in total. The van der Waals surface area contributed by atoms with Gasteiger partial charge in [-0.15, -0.1) is 11.8 Å². The Kier molecular flexibility index (Phi) is 13.1. The maximum atomic E-state index is 14.1. The number of para-hydroxylation sites is 2. The first-order valence-electron chi connectivity index (χ1n) is 13.9. The Morgan fingerprint density at radius 1 is 1.00 bits per heavy atom. The molecule has 0 fully saturated rings. The zero-order valence-corrected chi connectivity index (χ0v) is 27.8. The Labute approximate surface area is 268 Å². The van der Waals surface area contributed by atoms with E-state index in [1.54, 1.807) is 68.4 Å². The molecule has 232 valence electrons. The minimum atomic E-state index is -4.24. The van der Waals surface area contributed by atoms with Gasteiger partial charge in [-0.05, 0) is 80.6 Å². The van der Waals surface area contributed by atoms with Crippen molar-refractivity contribution in [2.24, 2.45) is 0 Å². The Bertz CT molecular complexity index is 1500. The van der Waals surface area contributed by atoms with E-state index in [9.17, 15) is 18.0 Å². The largest absolute Gasteiger partial charge is 0.492 e. The third kappa shape index (κ3) is 9.04. The average molecular weight is 667 g/mol. The summed E-state index contributed by atoms with van der Waals surface area (Å²) in [7, 11) is -4.24. The van der Waals surface area contributed by atoms with Crippen molar-refractivity contribution in [1.82, 2.24) is 10.2 Å². The minimum absolute atomic E-state index is 0.00149. The molecule has 3 rings (SSSR count). The van der Waals surface area contributed by atoms with Crippen molar-refractivity contribution >= 4 is 62.5 Å². The number of nitrogens with zero attached hydrogens (tertiary/aromatic N) is 2. The van der Waals surface area contributed by atoms with Crippen LogP contribution in [0, 0.1) is 0 Å². The van der Waals surface area contributed by atoms with Crippen molar-refractivity contribution in [1.29, 1.82) is 0 Å². The van der Waals surface area contributed by atoms with Gasteiger partial charge in [-0.25, -0.2) is 8.42 Å². The summed E-state index contributed by atoms with van der Waals surface area (Å²) in [6, 6.07) is 17.1. The van der Waals surface area contributed by atoms with Gasteiger partial charge < -0.3 is 15.0 Å². The number of unbranched alkanes of at least 4 members (excludes halogenated alkanes) is 1. The van der Waals surface area contributed by atoms with Crippen LogP contribution in [0.25, 0.3) is 0 Å². The topological polar surface area (TPSA) is 96.0 Å². The van der Waals surface area contributed by atoms with Crippen molar-refractivity contribution in [3.05, 3.63) is 82.3 Å². The first-order chi connectivity index (χ1) is 20.5. The van der Waals surface area contributed by atoms with Gasteiger partial charge in [0, 0.05) is 18.0 Å². The van der Waals surface area contributed by atoms with Crippen LogP contribution in [-0.4, -0.2) is 57.1 Å². The highest BCUT2D eigenvalue weighted by Gasteiger charge is 2.34. The smallest absolute Gasteiger partial charge is 0.264 e. The molecule has 0 radical (unpaired) electrons. The Morgan fingerprint density at radius 3 is 2.33 bits per heavy atom. The number of amides is 2. The summed E-state index contributed by atoms with van der Waals surface area (Å²) in [5.41, 5.74) is 0.842. The molecular formula is C31H37Cl2N3O5S2. The van der Waals surface area contributed by atoms with E-state index in [1.165, 1.54) is 28.8 Å². The van der Waals surface area contributed by atoms with Crippen LogP contribution in [0.3, 0.4) is 0 Å². The fourth-order valence-electron chi connectivity index (χ4n) is 4.28. The average Bonchev–Trinajstić information content (AvgIpc) is 3.00. The molecule has 0 aliphatic heterocycles. The van der Waals surface area contributed by atoms with E-state index >= 15 is 0 Å². The number of halogens is 2. The molecule has 0 saturated carbocycles. The fraction of sp³-hybridized carbons (Fsp3) is 0.355. The quantitative estimate of drug-likeness (QED) is 0.144. The molecule has 1 unspecified atom stereocenters. The minimum Gasteiger partial charge on any atom is -0.492 e. The fourth-order valence-corrected chi connectivity index (χ4v) is 6.44. The summed E-state index contributed by atoms with van der Waals surface area (Å²) in [6.07, 6.45) is 3.58. The number of ether oxygens (including phenoxy) is 1. The molecule has 0 saturated heterocycles. The van der Waals surface area contributed by atoms with Crippen molar-refractivity contribution in [2.45, 2.75) is 56.0 Å². The lowest BCUT2D eigenvalue weighted by atomic mass is 10.1. The summed E-state index contributed by atoms with van der Waals surface area (Å²) in [5.74, 6) is -0.623. The number of benzene rings is 3. The number of carbonyl (C=O) groups excluding carboxylic acids is 2. The van der Waals surface area contributed by atoms with E-state index in [0.717, 1.165) is 22.0 Å². The lowest BCUT2D eigenvalue weighted by molar-refractivity contribution is -0.139. The van der Waals surface area contributed by atoms with Crippen LogP contribution in [0.4, 0.5) is 5.69 Å². The first kappa shape index (κ1) is 34.6. The van der Waals surface area contributed by atoms with E-state index in [4.69, 9.17) is 27.9 Å². The maximum absolute atomic E-state index is 14.1. The molecular weight excluding hydrogens is 629 g/mol. The first-order valence-corrected chi connectivity index (χ1v) is 17.3. The predicted octanol–water partition coefficient (Wildman–Crippen LogP) is 6.64. The van der Waals surface area contributed by atoms with Gasteiger partial charge in [-0.1, -0.05) is 54.7 Å². The van der Waals surface area contributed by atoms with E-state index in [1.807, 2.05) is 13.2 Å². The highest BCUT2D eigenvalue weighted by atomic mass is 35.5. The number of carbonyl (C=O) groups is 2.